The van der Waals surface area contributed by atoms with Crippen molar-refractivity contribution in [3.8, 4) is 5.88 Å². The van der Waals surface area contributed by atoms with Crippen LogP contribution in [0, 0.1) is 0 Å². The predicted molar refractivity (Wildman–Crippen MR) is 34.7 cm³/mol. The molecule has 4 nitrogen and oxygen atoms in total. The van der Waals surface area contributed by atoms with E-state index in [4.69, 9.17) is 4.74 Å². The molecule has 0 fully saturated rings. The summed E-state index contributed by atoms with van der Waals surface area (Å²) in [4.78, 5) is 0. The molecular formula is C6H10N2O2. The van der Waals surface area contributed by atoms with Crippen molar-refractivity contribution >= 4 is 0 Å². The molecule has 0 N–H and O–H groups in total. The number of ether oxygens (including phenoxy) is 1. The monoisotopic (exact) mass is 142 g/mol. The number of unbranched alkanes of at least 4 members (excludes halogenated alkanes) is 1. The van der Waals surface area contributed by atoms with Crippen LogP contribution in [-0.2, 0) is 0 Å². The molecule has 0 saturated heterocycles. The maximum atomic E-state index is 5.12. The Morgan fingerprint density at radius 3 is 3.20 bits per heavy atom. The van der Waals surface area contributed by atoms with Crippen molar-refractivity contribution in [3.05, 3.63) is 6.26 Å². The Balaban J connectivity index is 2.15. The summed E-state index contributed by atoms with van der Waals surface area (Å²) in [5, 5.41) is 6.80. The zero-order valence-electron chi connectivity index (χ0n) is 5.91. The van der Waals surface area contributed by atoms with Gasteiger partial charge in [0.2, 0.25) is 0 Å². The van der Waals surface area contributed by atoms with E-state index in [2.05, 4.69) is 21.8 Å². The highest BCUT2D eigenvalue weighted by Gasteiger charge is 1.94. The highest BCUT2D eigenvalue weighted by atomic mass is 16.5. The third-order valence-corrected chi connectivity index (χ3v) is 1.09. The SMILES string of the molecule is CCCCOc1conn1. The quantitative estimate of drug-likeness (QED) is 0.593. The fourth-order valence-electron chi connectivity index (χ4n) is 0.540. The van der Waals surface area contributed by atoms with Gasteiger partial charge in [-0.3, -0.25) is 0 Å². The molecule has 1 aromatic rings. The molecular weight excluding hydrogens is 132 g/mol. The van der Waals surface area contributed by atoms with E-state index in [1.165, 1.54) is 6.26 Å². The van der Waals surface area contributed by atoms with Gasteiger partial charge >= 0.3 is 0 Å². The van der Waals surface area contributed by atoms with Crippen LogP contribution in [0.5, 0.6) is 5.88 Å². The third kappa shape index (κ3) is 2.05. The number of hydrogen-bond donors (Lipinski definition) is 0. The van der Waals surface area contributed by atoms with Crippen LogP contribution in [0.1, 0.15) is 19.8 Å². The molecule has 0 spiro atoms. The van der Waals surface area contributed by atoms with Crippen molar-refractivity contribution in [3.63, 3.8) is 0 Å². The van der Waals surface area contributed by atoms with Crippen LogP contribution in [0.2, 0.25) is 0 Å². The topological polar surface area (TPSA) is 48.2 Å². The molecule has 0 aliphatic heterocycles. The highest BCUT2D eigenvalue weighted by molar-refractivity contribution is 4.94. The van der Waals surface area contributed by atoms with E-state index in [0.717, 1.165) is 12.8 Å². The standard InChI is InChI=1S/C6H10N2O2/c1-2-3-4-9-6-5-10-8-7-6/h5H,2-4H2,1H3. The first-order valence-corrected chi connectivity index (χ1v) is 3.33. The highest BCUT2D eigenvalue weighted by Crippen LogP contribution is 2.02. The summed E-state index contributed by atoms with van der Waals surface area (Å²) in [6.07, 6.45) is 3.54. The van der Waals surface area contributed by atoms with Gasteiger partial charge in [-0.1, -0.05) is 18.4 Å². The third-order valence-electron chi connectivity index (χ3n) is 1.09. The number of hydrogen-bond acceptors (Lipinski definition) is 4. The lowest BCUT2D eigenvalue weighted by Gasteiger charge is -1.96. The van der Waals surface area contributed by atoms with Gasteiger partial charge in [0.1, 0.15) is 0 Å². The number of rotatable bonds is 4. The first-order chi connectivity index (χ1) is 4.93. The smallest absolute Gasteiger partial charge is 0.275 e. The molecule has 1 rings (SSSR count). The molecule has 56 valence electrons. The van der Waals surface area contributed by atoms with Crippen LogP contribution in [-0.4, -0.2) is 17.0 Å². The lowest BCUT2D eigenvalue weighted by Crippen LogP contribution is -1.96. The minimum Gasteiger partial charge on any atom is -0.474 e. The van der Waals surface area contributed by atoms with Crippen LogP contribution in [0.15, 0.2) is 10.8 Å². The Bertz CT molecular complexity index is 162. The van der Waals surface area contributed by atoms with Gasteiger partial charge in [-0.05, 0) is 6.42 Å². The van der Waals surface area contributed by atoms with Crippen molar-refractivity contribution in [2.75, 3.05) is 6.61 Å². The molecule has 4 heteroatoms. The lowest BCUT2D eigenvalue weighted by atomic mass is 10.4. The van der Waals surface area contributed by atoms with Crippen LogP contribution < -0.4 is 4.74 Å². The number of nitrogens with zero attached hydrogens (tertiary/aromatic N) is 2. The second-order valence-electron chi connectivity index (χ2n) is 1.95. The second-order valence-corrected chi connectivity index (χ2v) is 1.95. The Hall–Kier alpha value is -1.06. The van der Waals surface area contributed by atoms with E-state index >= 15 is 0 Å². The van der Waals surface area contributed by atoms with Crippen molar-refractivity contribution in [1.82, 2.24) is 10.4 Å². The minimum absolute atomic E-state index is 0.466. The summed E-state index contributed by atoms with van der Waals surface area (Å²) in [5.41, 5.74) is 0. The van der Waals surface area contributed by atoms with E-state index in [9.17, 15) is 0 Å². The Labute approximate surface area is 59.2 Å². The second kappa shape index (κ2) is 3.87. The molecule has 0 aliphatic carbocycles. The Morgan fingerprint density at radius 2 is 2.60 bits per heavy atom. The molecule has 1 aromatic heterocycles. The van der Waals surface area contributed by atoms with Gasteiger partial charge in [0, 0.05) is 5.27 Å². The molecule has 0 amide bonds. The van der Waals surface area contributed by atoms with E-state index in [1.54, 1.807) is 0 Å². The molecule has 0 unspecified atom stereocenters. The van der Waals surface area contributed by atoms with Crippen LogP contribution in [0.3, 0.4) is 0 Å². The van der Waals surface area contributed by atoms with Gasteiger partial charge in [0.15, 0.2) is 6.26 Å². The van der Waals surface area contributed by atoms with Gasteiger partial charge in [-0.2, -0.15) is 0 Å². The Kier molecular flexibility index (Phi) is 2.73. The summed E-state index contributed by atoms with van der Waals surface area (Å²) in [6, 6.07) is 0. The first kappa shape index (κ1) is 7.05. The largest absolute Gasteiger partial charge is 0.474 e. The van der Waals surface area contributed by atoms with Crippen molar-refractivity contribution < 1.29 is 9.26 Å². The number of aromatic nitrogens is 2. The van der Waals surface area contributed by atoms with Crippen LogP contribution in [0.4, 0.5) is 0 Å². The Morgan fingerprint density at radius 1 is 1.70 bits per heavy atom. The van der Waals surface area contributed by atoms with E-state index in [1.807, 2.05) is 0 Å². The van der Waals surface area contributed by atoms with Crippen molar-refractivity contribution in [2.24, 2.45) is 0 Å². The maximum Gasteiger partial charge on any atom is 0.275 e. The zero-order valence-corrected chi connectivity index (χ0v) is 5.91. The lowest BCUT2D eigenvalue weighted by molar-refractivity contribution is 0.296. The molecule has 1 heterocycles. The average molecular weight is 142 g/mol. The molecule has 0 aromatic carbocycles. The van der Waals surface area contributed by atoms with Crippen LogP contribution >= 0.6 is 0 Å². The molecule has 0 bridgehead atoms. The summed E-state index contributed by atoms with van der Waals surface area (Å²) in [5.74, 6) is 0.466. The van der Waals surface area contributed by atoms with Gasteiger partial charge in [-0.25, -0.2) is 0 Å². The van der Waals surface area contributed by atoms with E-state index < -0.39 is 0 Å². The van der Waals surface area contributed by atoms with E-state index in [0.29, 0.717) is 12.5 Å². The van der Waals surface area contributed by atoms with Crippen molar-refractivity contribution in [2.45, 2.75) is 19.8 Å². The predicted octanol–water partition coefficient (Wildman–Crippen LogP) is 1.25. The molecule has 10 heavy (non-hydrogen) atoms. The van der Waals surface area contributed by atoms with Gasteiger partial charge < -0.3 is 9.26 Å². The molecule has 0 atom stereocenters. The zero-order chi connectivity index (χ0) is 7.23. The summed E-state index contributed by atoms with van der Waals surface area (Å²) >= 11 is 0. The fourth-order valence-corrected chi connectivity index (χ4v) is 0.540. The molecule has 0 aliphatic rings. The summed E-state index contributed by atoms with van der Waals surface area (Å²) in [6.45, 7) is 2.79. The minimum atomic E-state index is 0.466. The average Bonchev–Trinajstić information content (AvgIpc) is 2.41. The van der Waals surface area contributed by atoms with Gasteiger partial charge in [-0.15, -0.1) is 0 Å². The normalized spacial score (nSPS) is 9.70. The van der Waals surface area contributed by atoms with E-state index in [-0.39, 0.29) is 0 Å². The van der Waals surface area contributed by atoms with Gasteiger partial charge in [0.05, 0.1) is 6.61 Å². The van der Waals surface area contributed by atoms with Gasteiger partial charge in [0.25, 0.3) is 5.88 Å². The molecule has 0 radical (unpaired) electrons. The van der Waals surface area contributed by atoms with Crippen LogP contribution in [0.25, 0.3) is 0 Å². The fraction of sp³-hybridized carbons (Fsp3) is 0.667. The first-order valence-electron chi connectivity index (χ1n) is 3.33. The maximum absolute atomic E-state index is 5.12. The van der Waals surface area contributed by atoms with Crippen molar-refractivity contribution in [1.29, 1.82) is 0 Å². The molecule has 0 saturated carbocycles. The summed E-state index contributed by atoms with van der Waals surface area (Å²) < 4.78 is 9.58. The summed E-state index contributed by atoms with van der Waals surface area (Å²) in [7, 11) is 0.